The fraction of sp³-hybridized carbons (Fsp3) is 0.333. The maximum atomic E-state index is 5.91. The van der Waals surface area contributed by atoms with Gasteiger partial charge in [0.15, 0.2) is 5.11 Å². The summed E-state index contributed by atoms with van der Waals surface area (Å²) < 4.78 is 13.7. The molecule has 0 aliphatic carbocycles. The molecule has 31 heavy (non-hydrogen) atoms. The van der Waals surface area contributed by atoms with Crippen molar-refractivity contribution in [2.75, 3.05) is 18.6 Å². The number of benzene rings is 1. The first-order chi connectivity index (χ1) is 15.2. The van der Waals surface area contributed by atoms with Crippen LogP contribution in [0.4, 0.5) is 5.69 Å². The highest BCUT2D eigenvalue weighted by atomic mass is 32.1. The van der Waals surface area contributed by atoms with Crippen molar-refractivity contribution in [3.63, 3.8) is 0 Å². The number of nitrogens with one attached hydrogen (secondary N) is 1. The number of thiocarbonyl (C=S) groups is 1. The van der Waals surface area contributed by atoms with Gasteiger partial charge in [-0.25, -0.2) is 0 Å². The lowest BCUT2D eigenvalue weighted by Crippen LogP contribution is -2.31. The molecule has 3 aromatic rings. The quantitative estimate of drug-likeness (QED) is 0.586. The van der Waals surface area contributed by atoms with E-state index in [-0.39, 0.29) is 18.2 Å². The van der Waals surface area contributed by atoms with Gasteiger partial charge in [0.2, 0.25) is 0 Å². The molecular formula is C24H26N4O2S. The molecule has 0 radical (unpaired) electrons. The van der Waals surface area contributed by atoms with Gasteiger partial charge in [-0.1, -0.05) is 12.1 Å². The van der Waals surface area contributed by atoms with E-state index in [2.05, 4.69) is 50.2 Å². The fourth-order valence-corrected chi connectivity index (χ4v) is 4.91. The number of hydrogen-bond acceptors (Lipinski definition) is 4. The van der Waals surface area contributed by atoms with E-state index in [0.717, 1.165) is 43.1 Å². The van der Waals surface area contributed by atoms with E-state index >= 15 is 0 Å². The number of ether oxygens (including phenoxy) is 2. The third-order valence-corrected chi connectivity index (χ3v) is 6.34. The van der Waals surface area contributed by atoms with Gasteiger partial charge in [-0.15, -0.1) is 0 Å². The molecule has 5 rings (SSSR count). The molecule has 2 aliphatic heterocycles. The predicted octanol–water partition coefficient (Wildman–Crippen LogP) is 4.25. The minimum Gasteiger partial charge on any atom is -0.497 e. The number of pyridine rings is 1. The average Bonchev–Trinajstić information content (AvgIpc) is 3.55. The van der Waals surface area contributed by atoms with Gasteiger partial charge in [-0.3, -0.25) is 4.98 Å². The monoisotopic (exact) mass is 434 g/mol. The van der Waals surface area contributed by atoms with Crippen LogP contribution in [0, 0.1) is 0 Å². The molecule has 0 amide bonds. The number of rotatable bonds is 6. The van der Waals surface area contributed by atoms with Gasteiger partial charge in [0.1, 0.15) is 11.8 Å². The van der Waals surface area contributed by atoms with Gasteiger partial charge in [-0.05, 0) is 61.5 Å². The molecule has 7 heteroatoms. The van der Waals surface area contributed by atoms with Crippen LogP contribution in [0.3, 0.4) is 0 Å². The second-order valence-electron chi connectivity index (χ2n) is 7.92. The van der Waals surface area contributed by atoms with Crippen LogP contribution in [0.15, 0.2) is 67.0 Å². The molecule has 1 N–H and O–H groups in total. The zero-order chi connectivity index (χ0) is 21.2. The van der Waals surface area contributed by atoms with Gasteiger partial charge >= 0.3 is 0 Å². The van der Waals surface area contributed by atoms with Crippen molar-refractivity contribution in [2.45, 2.75) is 37.6 Å². The molecule has 4 heterocycles. The van der Waals surface area contributed by atoms with Gasteiger partial charge in [0.25, 0.3) is 0 Å². The maximum Gasteiger partial charge on any atom is 0.174 e. The summed E-state index contributed by atoms with van der Waals surface area (Å²) in [5.41, 5.74) is 3.14. The molecule has 6 nitrogen and oxygen atoms in total. The van der Waals surface area contributed by atoms with Crippen LogP contribution in [0.1, 0.15) is 36.3 Å². The normalized spacial score (nSPS) is 23.2. The maximum absolute atomic E-state index is 5.91. The predicted molar refractivity (Wildman–Crippen MR) is 124 cm³/mol. The van der Waals surface area contributed by atoms with Crippen molar-refractivity contribution in [3.05, 3.63) is 78.4 Å². The topological polar surface area (TPSA) is 51.5 Å². The Bertz CT molecular complexity index is 1050. The third kappa shape index (κ3) is 3.91. The highest BCUT2D eigenvalue weighted by molar-refractivity contribution is 7.80. The first kappa shape index (κ1) is 20.0. The van der Waals surface area contributed by atoms with Gasteiger partial charge < -0.3 is 24.3 Å². The van der Waals surface area contributed by atoms with E-state index in [9.17, 15) is 0 Å². The Kier molecular flexibility index (Phi) is 5.61. The molecule has 0 unspecified atom stereocenters. The molecule has 0 bridgehead atoms. The summed E-state index contributed by atoms with van der Waals surface area (Å²) in [4.78, 5) is 6.82. The van der Waals surface area contributed by atoms with Crippen molar-refractivity contribution in [2.24, 2.45) is 0 Å². The van der Waals surface area contributed by atoms with Crippen LogP contribution in [-0.2, 0) is 11.3 Å². The third-order valence-electron chi connectivity index (χ3n) is 6.02. The molecule has 2 saturated heterocycles. The van der Waals surface area contributed by atoms with Crippen molar-refractivity contribution in [1.29, 1.82) is 0 Å². The van der Waals surface area contributed by atoms with E-state index in [1.54, 1.807) is 7.11 Å². The van der Waals surface area contributed by atoms with Crippen molar-refractivity contribution < 1.29 is 9.47 Å². The lowest BCUT2D eigenvalue weighted by molar-refractivity contribution is 0.0961. The van der Waals surface area contributed by atoms with Crippen molar-refractivity contribution in [3.8, 4) is 5.75 Å². The van der Waals surface area contributed by atoms with Crippen molar-refractivity contribution >= 4 is 23.0 Å². The zero-order valence-electron chi connectivity index (χ0n) is 17.5. The van der Waals surface area contributed by atoms with Crippen LogP contribution in [0.25, 0.3) is 0 Å². The Morgan fingerprint density at radius 2 is 2.13 bits per heavy atom. The summed E-state index contributed by atoms with van der Waals surface area (Å²) >= 11 is 5.83. The number of anilines is 1. The highest BCUT2D eigenvalue weighted by Crippen LogP contribution is 2.42. The Morgan fingerprint density at radius 1 is 1.19 bits per heavy atom. The number of hydrogen-bond donors (Lipinski definition) is 1. The summed E-state index contributed by atoms with van der Waals surface area (Å²) in [6.45, 7) is 1.69. The molecule has 2 fully saturated rings. The van der Waals surface area contributed by atoms with Crippen LogP contribution in [0.2, 0.25) is 0 Å². The molecule has 3 atom stereocenters. The largest absolute Gasteiger partial charge is 0.497 e. The van der Waals surface area contributed by atoms with E-state index in [1.165, 1.54) is 5.69 Å². The minimum atomic E-state index is -0.0713. The van der Waals surface area contributed by atoms with Crippen molar-refractivity contribution in [1.82, 2.24) is 14.9 Å². The minimum absolute atomic E-state index is 0.0501. The Morgan fingerprint density at radius 3 is 2.90 bits per heavy atom. The van der Waals surface area contributed by atoms with Gasteiger partial charge in [0.05, 0.1) is 24.9 Å². The fourth-order valence-electron chi connectivity index (χ4n) is 4.56. The van der Waals surface area contributed by atoms with E-state index in [4.69, 9.17) is 21.7 Å². The van der Waals surface area contributed by atoms with E-state index in [1.807, 2.05) is 36.5 Å². The molecule has 2 aromatic heterocycles. The summed E-state index contributed by atoms with van der Waals surface area (Å²) in [5.74, 6) is 0.801. The Hall–Kier alpha value is -2.90. The van der Waals surface area contributed by atoms with Gasteiger partial charge in [0, 0.05) is 43.0 Å². The zero-order valence-corrected chi connectivity index (χ0v) is 18.3. The number of methoxy groups -OCH3 is 1. The van der Waals surface area contributed by atoms with Crippen LogP contribution in [0.5, 0.6) is 5.75 Å². The number of nitrogens with zero attached hydrogens (tertiary/aromatic N) is 3. The lowest BCUT2D eigenvalue weighted by atomic mass is 10.0. The molecule has 0 saturated carbocycles. The van der Waals surface area contributed by atoms with Crippen LogP contribution >= 0.6 is 12.2 Å². The second kappa shape index (κ2) is 8.69. The molecule has 2 aliphatic rings. The standard InChI is InChI=1S/C24H26N4O2S/c1-29-18-8-4-7-17(15-18)28-23(22(26-24(28)31)20-10-2-3-12-25-20)21-11-5-13-27(21)16-19-9-6-14-30-19/h2-5,7-8,10-13,15,19,22-23H,6,9,14,16H2,1H3,(H,26,31)/t19-,22+,23-/m0/s1. The molecular weight excluding hydrogens is 408 g/mol. The smallest absolute Gasteiger partial charge is 0.174 e. The van der Waals surface area contributed by atoms with Crippen LogP contribution in [-0.4, -0.2) is 34.5 Å². The average molecular weight is 435 g/mol. The first-order valence-corrected chi connectivity index (χ1v) is 11.1. The lowest BCUT2D eigenvalue weighted by Gasteiger charge is -2.29. The molecule has 160 valence electrons. The second-order valence-corrected chi connectivity index (χ2v) is 8.31. The highest BCUT2D eigenvalue weighted by Gasteiger charge is 2.42. The Labute approximate surface area is 187 Å². The summed E-state index contributed by atoms with van der Waals surface area (Å²) in [6, 6.07) is 18.2. The molecule has 1 aromatic carbocycles. The number of aromatic nitrogens is 2. The van der Waals surface area contributed by atoms with E-state index < -0.39 is 0 Å². The Balaban J connectivity index is 1.58. The first-order valence-electron chi connectivity index (χ1n) is 10.7. The van der Waals surface area contributed by atoms with E-state index in [0.29, 0.717) is 5.11 Å². The van der Waals surface area contributed by atoms with Crippen LogP contribution < -0.4 is 15.0 Å². The summed E-state index contributed by atoms with van der Waals surface area (Å²) in [7, 11) is 1.68. The SMILES string of the molecule is COc1cccc(N2C(=S)N[C@H](c3ccccn3)[C@@H]2c2cccn2C[C@@H]2CCCO2)c1. The van der Waals surface area contributed by atoms with Gasteiger partial charge in [-0.2, -0.15) is 0 Å². The summed E-state index contributed by atoms with van der Waals surface area (Å²) in [5, 5.41) is 4.20. The molecule has 0 spiro atoms. The summed E-state index contributed by atoms with van der Waals surface area (Å²) in [6.07, 6.45) is 6.45.